The van der Waals surface area contributed by atoms with Crippen molar-refractivity contribution in [2.24, 2.45) is 0 Å². The molecule has 0 amide bonds. The molecule has 0 saturated carbocycles. The average Bonchev–Trinajstić information content (AvgIpc) is 2.54. The van der Waals surface area contributed by atoms with Crippen molar-refractivity contribution in [1.82, 2.24) is 0 Å². The van der Waals surface area contributed by atoms with Crippen molar-refractivity contribution in [3.63, 3.8) is 0 Å². The molecule has 6 heteroatoms. The van der Waals surface area contributed by atoms with Crippen LogP contribution in [0.15, 0.2) is 53.4 Å². The molecule has 0 N–H and O–H groups in total. The molecular formula is C15H11N3O2S. The fraction of sp³-hybridized carbons (Fsp3) is 0.0667. The van der Waals surface area contributed by atoms with E-state index in [4.69, 9.17) is 10.5 Å². The van der Waals surface area contributed by atoms with Crippen LogP contribution in [0.5, 0.6) is 0 Å². The summed E-state index contributed by atoms with van der Waals surface area (Å²) in [5.41, 5.74) is 0.968. The summed E-state index contributed by atoms with van der Waals surface area (Å²) in [5.74, 6) is 0. The first-order valence-electron chi connectivity index (χ1n) is 5.99. The minimum absolute atomic E-state index is 0.0664. The standard InChI is InChI=1S/C15H11N3O2S/c1-18(15-5-3-2-4-13(15)11-17)21(19,20)14-8-6-12(10-16)7-9-14/h2-9H,1H3. The highest BCUT2D eigenvalue weighted by atomic mass is 32.2. The summed E-state index contributed by atoms with van der Waals surface area (Å²) in [6.07, 6.45) is 0. The van der Waals surface area contributed by atoms with Crippen molar-refractivity contribution in [2.45, 2.75) is 4.90 Å². The predicted octanol–water partition coefficient (Wildman–Crippen LogP) is 2.26. The molecule has 0 radical (unpaired) electrons. The van der Waals surface area contributed by atoms with E-state index < -0.39 is 10.0 Å². The molecule has 0 aromatic heterocycles. The van der Waals surface area contributed by atoms with Crippen molar-refractivity contribution in [1.29, 1.82) is 10.5 Å². The molecule has 0 aliphatic heterocycles. The molecule has 104 valence electrons. The van der Waals surface area contributed by atoms with Crippen LogP contribution in [-0.2, 0) is 10.0 Å². The van der Waals surface area contributed by atoms with Crippen LogP contribution in [0.2, 0.25) is 0 Å². The van der Waals surface area contributed by atoms with E-state index in [1.807, 2.05) is 12.1 Å². The van der Waals surface area contributed by atoms with E-state index in [9.17, 15) is 8.42 Å². The molecule has 0 unspecified atom stereocenters. The second-order valence-electron chi connectivity index (χ2n) is 4.24. The van der Waals surface area contributed by atoms with Crippen molar-refractivity contribution in [3.8, 4) is 12.1 Å². The Labute approximate surface area is 123 Å². The van der Waals surface area contributed by atoms with Gasteiger partial charge in [-0.25, -0.2) is 8.42 Å². The zero-order chi connectivity index (χ0) is 15.5. The molecule has 0 saturated heterocycles. The molecule has 21 heavy (non-hydrogen) atoms. The summed E-state index contributed by atoms with van der Waals surface area (Å²) >= 11 is 0. The molecule has 2 rings (SSSR count). The van der Waals surface area contributed by atoms with Crippen LogP contribution in [0.1, 0.15) is 11.1 Å². The number of rotatable bonds is 3. The highest BCUT2D eigenvalue weighted by molar-refractivity contribution is 7.92. The maximum atomic E-state index is 12.5. The van der Waals surface area contributed by atoms with Gasteiger partial charge >= 0.3 is 0 Å². The Balaban J connectivity index is 2.48. The van der Waals surface area contributed by atoms with Gasteiger partial charge in [0.15, 0.2) is 0 Å². The number of benzene rings is 2. The van der Waals surface area contributed by atoms with Crippen LogP contribution < -0.4 is 4.31 Å². The molecule has 0 bridgehead atoms. The van der Waals surface area contributed by atoms with Gasteiger partial charge in [0.2, 0.25) is 0 Å². The number of nitriles is 2. The average molecular weight is 297 g/mol. The monoisotopic (exact) mass is 297 g/mol. The van der Waals surface area contributed by atoms with E-state index >= 15 is 0 Å². The lowest BCUT2D eigenvalue weighted by Crippen LogP contribution is -2.27. The van der Waals surface area contributed by atoms with Crippen LogP contribution in [0.3, 0.4) is 0 Å². The summed E-state index contributed by atoms with van der Waals surface area (Å²) in [6, 6.07) is 16.0. The number of para-hydroxylation sites is 1. The van der Waals surface area contributed by atoms with E-state index in [1.165, 1.54) is 31.3 Å². The lowest BCUT2D eigenvalue weighted by atomic mass is 10.2. The molecule has 0 fully saturated rings. The quantitative estimate of drug-likeness (QED) is 0.869. The maximum Gasteiger partial charge on any atom is 0.264 e. The summed E-state index contributed by atoms with van der Waals surface area (Å²) in [6.45, 7) is 0. The van der Waals surface area contributed by atoms with Crippen LogP contribution in [0, 0.1) is 22.7 Å². The molecule has 5 nitrogen and oxygen atoms in total. The topological polar surface area (TPSA) is 85.0 Å². The van der Waals surface area contributed by atoms with Gasteiger partial charge in [0.05, 0.1) is 27.8 Å². The number of nitrogens with zero attached hydrogens (tertiary/aromatic N) is 3. The zero-order valence-electron chi connectivity index (χ0n) is 11.2. The Hall–Kier alpha value is -2.83. The van der Waals surface area contributed by atoms with E-state index in [-0.39, 0.29) is 10.5 Å². The highest BCUT2D eigenvalue weighted by Crippen LogP contribution is 2.25. The fourth-order valence-electron chi connectivity index (χ4n) is 1.83. The second-order valence-corrected chi connectivity index (χ2v) is 6.21. The van der Waals surface area contributed by atoms with Crippen molar-refractivity contribution in [2.75, 3.05) is 11.4 Å². The first-order valence-corrected chi connectivity index (χ1v) is 7.43. The summed E-state index contributed by atoms with van der Waals surface area (Å²) in [5, 5.41) is 17.8. The first kappa shape index (κ1) is 14.6. The molecule has 0 aliphatic carbocycles. The smallest absolute Gasteiger partial charge is 0.264 e. The third-order valence-corrected chi connectivity index (χ3v) is 4.79. The van der Waals surface area contributed by atoms with Gasteiger partial charge in [-0.3, -0.25) is 4.31 Å². The van der Waals surface area contributed by atoms with Crippen LogP contribution in [0.25, 0.3) is 0 Å². The lowest BCUT2D eigenvalue weighted by molar-refractivity contribution is 0.594. The normalized spacial score (nSPS) is 10.4. The third kappa shape index (κ3) is 2.71. The number of anilines is 1. The van der Waals surface area contributed by atoms with Gasteiger partial charge in [-0.1, -0.05) is 12.1 Å². The van der Waals surface area contributed by atoms with Crippen LogP contribution in [0.4, 0.5) is 5.69 Å². The van der Waals surface area contributed by atoms with E-state index in [2.05, 4.69) is 0 Å². The fourth-order valence-corrected chi connectivity index (χ4v) is 3.05. The Bertz CT molecular complexity index is 844. The number of sulfonamides is 1. The van der Waals surface area contributed by atoms with E-state index in [0.717, 1.165) is 4.31 Å². The van der Waals surface area contributed by atoms with Gasteiger partial charge in [-0.15, -0.1) is 0 Å². The summed E-state index contributed by atoms with van der Waals surface area (Å²) in [4.78, 5) is 0.0664. The predicted molar refractivity (Wildman–Crippen MR) is 77.9 cm³/mol. The molecule has 0 spiro atoms. The maximum absolute atomic E-state index is 12.5. The van der Waals surface area contributed by atoms with Gasteiger partial charge in [0.25, 0.3) is 10.0 Å². The SMILES string of the molecule is CN(c1ccccc1C#N)S(=O)(=O)c1ccc(C#N)cc1. The Kier molecular flexibility index (Phi) is 3.93. The third-order valence-electron chi connectivity index (χ3n) is 3.01. The summed E-state index contributed by atoms with van der Waals surface area (Å²) < 4.78 is 26.1. The number of hydrogen-bond donors (Lipinski definition) is 0. The van der Waals surface area contributed by atoms with Gasteiger partial charge < -0.3 is 0 Å². The lowest BCUT2D eigenvalue weighted by Gasteiger charge is -2.20. The first-order chi connectivity index (χ1) is 10.0. The van der Waals surface area contributed by atoms with Crippen molar-refractivity contribution < 1.29 is 8.42 Å². The Morgan fingerprint density at radius 3 is 2.14 bits per heavy atom. The van der Waals surface area contributed by atoms with Crippen LogP contribution in [-0.4, -0.2) is 15.5 Å². The highest BCUT2D eigenvalue weighted by Gasteiger charge is 2.22. The Morgan fingerprint density at radius 1 is 0.952 bits per heavy atom. The van der Waals surface area contributed by atoms with Gasteiger partial charge in [0, 0.05) is 7.05 Å². The number of hydrogen-bond acceptors (Lipinski definition) is 4. The minimum Gasteiger partial charge on any atom is -0.268 e. The minimum atomic E-state index is -3.78. The van der Waals surface area contributed by atoms with Crippen LogP contribution >= 0.6 is 0 Å². The largest absolute Gasteiger partial charge is 0.268 e. The van der Waals surface area contributed by atoms with E-state index in [1.54, 1.807) is 24.3 Å². The molecular weight excluding hydrogens is 286 g/mol. The molecule has 0 atom stereocenters. The molecule has 0 aliphatic rings. The molecule has 2 aromatic rings. The summed E-state index contributed by atoms with van der Waals surface area (Å²) in [7, 11) is -2.38. The van der Waals surface area contributed by atoms with Crippen molar-refractivity contribution >= 4 is 15.7 Å². The molecule has 0 heterocycles. The van der Waals surface area contributed by atoms with E-state index in [0.29, 0.717) is 11.3 Å². The van der Waals surface area contributed by atoms with Gasteiger partial charge in [-0.2, -0.15) is 10.5 Å². The zero-order valence-corrected chi connectivity index (χ0v) is 12.0. The van der Waals surface area contributed by atoms with Gasteiger partial charge in [-0.05, 0) is 36.4 Å². The second kappa shape index (κ2) is 5.66. The van der Waals surface area contributed by atoms with Crippen molar-refractivity contribution in [3.05, 3.63) is 59.7 Å². The Morgan fingerprint density at radius 2 is 1.57 bits per heavy atom. The molecule has 2 aromatic carbocycles. The van der Waals surface area contributed by atoms with Gasteiger partial charge in [0.1, 0.15) is 6.07 Å².